The highest BCUT2D eigenvalue weighted by Gasteiger charge is 2.26. The zero-order chi connectivity index (χ0) is 19.2. The van der Waals surface area contributed by atoms with E-state index in [4.69, 9.17) is 15.2 Å². The van der Waals surface area contributed by atoms with Crippen molar-refractivity contribution in [3.8, 4) is 11.6 Å². The lowest BCUT2D eigenvalue weighted by Gasteiger charge is -2.26. The maximum absolute atomic E-state index is 12.3. The van der Waals surface area contributed by atoms with E-state index >= 15 is 0 Å². The molecule has 1 atom stereocenters. The molecule has 27 heavy (non-hydrogen) atoms. The van der Waals surface area contributed by atoms with Gasteiger partial charge in [0.25, 0.3) is 0 Å². The summed E-state index contributed by atoms with van der Waals surface area (Å²) in [6.45, 7) is 5.81. The van der Waals surface area contributed by atoms with E-state index in [2.05, 4.69) is 10.3 Å². The minimum Gasteiger partial charge on any atom is -0.439 e. The van der Waals surface area contributed by atoms with Gasteiger partial charge in [-0.3, -0.25) is 4.79 Å². The molecule has 0 spiro atoms. The molecule has 2 heterocycles. The van der Waals surface area contributed by atoms with E-state index in [1.807, 2.05) is 44.2 Å². The molecule has 3 rings (SSSR count). The molecule has 0 radical (unpaired) electrons. The first kappa shape index (κ1) is 19.3. The van der Waals surface area contributed by atoms with Gasteiger partial charge in [-0.2, -0.15) is 0 Å². The standard InChI is InChI=1S/C21H27N3O3/c1-14-4-3-5-18(15(14)2)27-19-12-16(6-9-23-19)13-24-21(25)20(22)17-7-10-26-11-8-17/h3-6,9,12,17,20H,7-8,10-11,13,22H2,1-2H3,(H,24,25). The Hall–Kier alpha value is -2.44. The third kappa shape index (κ3) is 5.05. The fraction of sp³-hybridized carbons (Fsp3) is 0.429. The Balaban J connectivity index is 1.59. The number of ether oxygens (including phenoxy) is 2. The molecule has 0 aliphatic carbocycles. The third-order valence-corrected chi connectivity index (χ3v) is 5.11. The molecule has 144 valence electrons. The van der Waals surface area contributed by atoms with Crippen molar-refractivity contribution in [3.63, 3.8) is 0 Å². The number of nitrogens with two attached hydrogens (primary N) is 1. The Bertz CT molecular complexity index is 788. The molecule has 0 bridgehead atoms. The molecule has 1 aliphatic rings. The van der Waals surface area contributed by atoms with Crippen LogP contribution in [-0.4, -0.2) is 30.1 Å². The summed E-state index contributed by atoms with van der Waals surface area (Å²) >= 11 is 0. The van der Waals surface area contributed by atoms with Crippen LogP contribution in [0, 0.1) is 19.8 Å². The number of pyridine rings is 1. The van der Waals surface area contributed by atoms with Gasteiger partial charge in [0.15, 0.2) is 0 Å². The molecule has 1 fully saturated rings. The first-order chi connectivity index (χ1) is 13.0. The van der Waals surface area contributed by atoms with Crippen LogP contribution in [0.25, 0.3) is 0 Å². The zero-order valence-electron chi connectivity index (χ0n) is 15.9. The summed E-state index contributed by atoms with van der Waals surface area (Å²) in [6, 6.07) is 9.12. The van der Waals surface area contributed by atoms with Crippen molar-refractivity contribution in [2.45, 2.75) is 39.3 Å². The highest BCUT2D eigenvalue weighted by molar-refractivity contribution is 5.81. The number of hydrogen-bond acceptors (Lipinski definition) is 5. The van der Waals surface area contributed by atoms with Crippen molar-refractivity contribution in [1.29, 1.82) is 0 Å². The summed E-state index contributed by atoms with van der Waals surface area (Å²) in [5, 5.41) is 2.92. The van der Waals surface area contributed by atoms with Gasteiger partial charge < -0.3 is 20.5 Å². The Morgan fingerprint density at radius 1 is 1.33 bits per heavy atom. The van der Waals surface area contributed by atoms with E-state index in [9.17, 15) is 4.79 Å². The predicted molar refractivity (Wildman–Crippen MR) is 104 cm³/mol. The smallest absolute Gasteiger partial charge is 0.237 e. The van der Waals surface area contributed by atoms with Gasteiger partial charge >= 0.3 is 0 Å². The number of nitrogens with zero attached hydrogens (tertiary/aromatic N) is 1. The van der Waals surface area contributed by atoms with Crippen LogP contribution in [0.15, 0.2) is 36.5 Å². The SMILES string of the molecule is Cc1cccc(Oc2cc(CNC(=O)C(N)C3CCOCC3)ccn2)c1C. The molecule has 1 saturated heterocycles. The first-order valence-corrected chi connectivity index (χ1v) is 9.34. The summed E-state index contributed by atoms with van der Waals surface area (Å²) in [5.74, 6) is 1.34. The van der Waals surface area contributed by atoms with Crippen molar-refractivity contribution in [2.75, 3.05) is 13.2 Å². The predicted octanol–water partition coefficient (Wildman–Crippen LogP) is 2.86. The Labute approximate surface area is 160 Å². The molecule has 1 amide bonds. The average molecular weight is 369 g/mol. The number of carbonyl (C=O) groups is 1. The number of nitrogens with one attached hydrogen (secondary N) is 1. The molecule has 1 aliphatic heterocycles. The van der Waals surface area contributed by atoms with Crippen LogP contribution in [0.2, 0.25) is 0 Å². The molecular weight excluding hydrogens is 342 g/mol. The van der Waals surface area contributed by atoms with Gasteiger partial charge in [-0.05, 0) is 61.4 Å². The van der Waals surface area contributed by atoms with Crippen LogP contribution in [0.4, 0.5) is 0 Å². The lowest BCUT2D eigenvalue weighted by atomic mass is 9.92. The largest absolute Gasteiger partial charge is 0.439 e. The minimum absolute atomic E-state index is 0.129. The molecule has 1 unspecified atom stereocenters. The number of amides is 1. The van der Waals surface area contributed by atoms with E-state index in [1.165, 1.54) is 0 Å². The number of carbonyl (C=O) groups excluding carboxylic acids is 1. The number of rotatable bonds is 6. The van der Waals surface area contributed by atoms with Crippen LogP contribution in [0.1, 0.15) is 29.5 Å². The highest BCUT2D eigenvalue weighted by Crippen LogP contribution is 2.26. The molecular formula is C21H27N3O3. The van der Waals surface area contributed by atoms with E-state index in [-0.39, 0.29) is 11.8 Å². The lowest BCUT2D eigenvalue weighted by molar-refractivity contribution is -0.124. The van der Waals surface area contributed by atoms with Gasteiger partial charge in [-0.1, -0.05) is 12.1 Å². The van der Waals surface area contributed by atoms with Crippen molar-refractivity contribution in [2.24, 2.45) is 11.7 Å². The van der Waals surface area contributed by atoms with Crippen LogP contribution in [-0.2, 0) is 16.1 Å². The molecule has 1 aromatic heterocycles. The topological polar surface area (TPSA) is 86.5 Å². The van der Waals surface area contributed by atoms with Crippen LogP contribution in [0.5, 0.6) is 11.6 Å². The summed E-state index contributed by atoms with van der Waals surface area (Å²) < 4.78 is 11.2. The second-order valence-electron chi connectivity index (χ2n) is 7.00. The van der Waals surface area contributed by atoms with Gasteiger partial charge in [-0.25, -0.2) is 4.98 Å². The van der Waals surface area contributed by atoms with Gasteiger partial charge in [0.2, 0.25) is 11.8 Å². The summed E-state index contributed by atoms with van der Waals surface area (Å²) in [7, 11) is 0. The zero-order valence-corrected chi connectivity index (χ0v) is 15.9. The Morgan fingerprint density at radius 3 is 2.89 bits per heavy atom. The molecule has 3 N–H and O–H groups in total. The van der Waals surface area contributed by atoms with Crippen molar-refractivity contribution < 1.29 is 14.3 Å². The number of hydrogen-bond donors (Lipinski definition) is 2. The monoisotopic (exact) mass is 369 g/mol. The Kier molecular flexibility index (Phi) is 6.42. The quantitative estimate of drug-likeness (QED) is 0.818. The molecule has 6 nitrogen and oxygen atoms in total. The van der Waals surface area contributed by atoms with Crippen molar-refractivity contribution in [1.82, 2.24) is 10.3 Å². The van der Waals surface area contributed by atoms with Crippen molar-refractivity contribution in [3.05, 3.63) is 53.2 Å². The summed E-state index contributed by atoms with van der Waals surface area (Å²) in [4.78, 5) is 16.6. The number of aromatic nitrogens is 1. The van der Waals surface area contributed by atoms with E-state index in [0.717, 1.165) is 35.3 Å². The molecule has 0 saturated carbocycles. The minimum atomic E-state index is -0.499. The number of benzene rings is 1. The second kappa shape index (κ2) is 8.97. The molecule has 1 aromatic carbocycles. The fourth-order valence-corrected chi connectivity index (χ4v) is 3.16. The number of aryl methyl sites for hydroxylation is 1. The van der Waals surface area contributed by atoms with Crippen LogP contribution >= 0.6 is 0 Å². The Morgan fingerprint density at radius 2 is 2.11 bits per heavy atom. The van der Waals surface area contributed by atoms with E-state index in [1.54, 1.807) is 6.20 Å². The summed E-state index contributed by atoms with van der Waals surface area (Å²) in [5.41, 5.74) is 9.28. The van der Waals surface area contributed by atoms with Gasteiger partial charge in [0.1, 0.15) is 5.75 Å². The van der Waals surface area contributed by atoms with Gasteiger partial charge in [0, 0.05) is 32.0 Å². The highest BCUT2D eigenvalue weighted by atomic mass is 16.5. The fourth-order valence-electron chi connectivity index (χ4n) is 3.16. The third-order valence-electron chi connectivity index (χ3n) is 5.11. The second-order valence-corrected chi connectivity index (χ2v) is 7.00. The summed E-state index contributed by atoms with van der Waals surface area (Å²) in [6.07, 6.45) is 3.34. The average Bonchev–Trinajstić information content (AvgIpc) is 2.70. The molecule has 2 aromatic rings. The maximum Gasteiger partial charge on any atom is 0.237 e. The van der Waals surface area contributed by atoms with E-state index in [0.29, 0.717) is 25.6 Å². The normalized spacial score (nSPS) is 16.0. The maximum atomic E-state index is 12.3. The molecule has 6 heteroatoms. The lowest BCUT2D eigenvalue weighted by Crippen LogP contribution is -2.46. The van der Waals surface area contributed by atoms with Crippen LogP contribution < -0.4 is 15.8 Å². The van der Waals surface area contributed by atoms with Gasteiger partial charge in [0.05, 0.1) is 6.04 Å². The van der Waals surface area contributed by atoms with Crippen molar-refractivity contribution >= 4 is 5.91 Å². The van der Waals surface area contributed by atoms with Gasteiger partial charge in [-0.15, -0.1) is 0 Å². The first-order valence-electron chi connectivity index (χ1n) is 9.34. The van der Waals surface area contributed by atoms with Crippen LogP contribution in [0.3, 0.4) is 0 Å². The van der Waals surface area contributed by atoms with E-state index < -0.39 is 6.04 Å².